The number of esters is 1. The molecule has 16 heavy (non-hydrogen) atoms. The maximum atomic E-state index is 12.1. The molecule has 2 fully saturated rings. The van der Waals surface area contributed by atoms with Crippen LogP contribution in [0.1, 0.15) is 33.1 Å². The summed E-state index contributed by atoms with van der Waals surface area (Å²) in [7, 11) is 3.67. The Labute approximate surface area is 98.1 Å². The van der Waals surface area contributed by atoms with Crippen molar-refractivity contribution in [2.75, 3.05) is 27.2 Å². The van der Waals surface area contributed by atoms with Gasteiger partial charge in [0, 0.05) is 0 Å². The zero-order valence-corrected chi connectivity index (χ0v) is 10.9. The van der Waals surface area contributed by atoms with Gasteiger partial charge in [0.2, 0.25) is 0 Å². The van der Waals surface area contributed by atoms with Gasteiger partial charge in [-0.3, -0.25) is 4.79 Å². The van der Waals surface area contributed by atoms with Gasteiger partial charge in [0.05, 0.1) is 12.5 Å². The first-order valence-corrected chi connectivity index (χ1v) is 6.21. The fourth-order valence-corrected chi connectivity index (χ4v) is 3.55. The molecule has 0 amide bonds. The van der Waals surface area contributed by atoms with E-state index >= 15 is 0 Å². The molecule has 0 aromatic rings. The number of likely N-dealkylation sites (tertiary alicyclic amines) is 1. The van der Waals surface area contributed by atoms with Crippen molar-refractivity contribution >= 4 is 5.97 Å². The van der Waals surface area contributed by atoms with Crippen LogP contribution in [0.3, 0.4) is 0 Å². The molecule has 0 N–H and O–H groups in total. The zero-order chi connectivity index (χ0) is 12.0. The number of piperidine rings is 1. The first-order chi connectivity index (χ1) is 7.44. The maximum Gasteiger partial charge on any atom is 0.312 e. The van der Waals surface area contributed by atoms with Gasteiger partial charge < -0.3 is 9.64 Å². The summed E-state index contributed by atoms with van der Waals surface area (Å²) in [6.07, 6.45) is 3.27. The number of carbonyl (C=O) groups excluding carboxylic acids is 1. The van der Waals surface area contributed by atoms with Crippen molar-refractivity contribution in [3.63, 3.8) is 0 Å². The predicted molar refractivity (Wildman–Crippen MR) is 63.1 cm³/mol. The molecule has 0 bridgehead atoms. The summed E-state index contributed by atoms with van der Waals surface area (Å²) in [5, 5.41) is 0. The molecule has 0 aromatic carbocycles. The van der Waals surface area contributed by atoms with Gasteiger partial charge in [-0.2, -0.15) is 0 Å². The van der Waals surface area contributed by atoms with Crippen molar-refractivity contribution in [1.82, 2.24) is 4.90 Å². The lowest BCUT2D eigenvalue weighted by Crippen LogP contribution is -2.39. The van der Waals surface area contributed by atoms with E-state index < -0.39 is 0 Å². The fraction of sp³-hybridized carbons (Fsp3) is 0.923. The summed E-state index contributed by atoms with van der Waals surface area (Å²) >= 11 is 0. The van der Waals surface area contributed by atoms with Crippen molar-refractivity contribution < 1.29 is 9.53 Å². The van der Waals surface area contributed by atoms with Gasteiger partial charge in [0.15, 0.2) is 0 Å². The van der Waals surface area contributed by atoms with Crippen LogP contribution >= 0.6 is 0 Å². The molecular formula is C13H23NO2. The molecule has 1 atom stereocenters. The molecule has 1 aliphatic heterocycles. The summed E-state index contributed by atoms with van der Waals surface area (Å²) in [4.78, 5) is 14.4. The molecule has 1 heterocycles. The summed E-state index contributed by atoms with van der Waals surface area (Å²) in [6.45, 7) is 6.61. The fourth-order valence-electron chi connectivity index (χ4n) is 3.55. The number of rotatable bonds is 2. The SMILES string of the molecule is COC(=O)C1(C2CCN(C)CC2)CC1(C)C. The monoisotopic (exact) mass is 225 g/mol. The molecule has 2 rings (SSSR count). The Morgan fingerprint density at radius 3 is 2.19 bits per heavy atom. The second-order valence-electron chi connectivity index (χ2n) is 6.10. The average Bonchev–Trinajstić information content (AvgIpc) is 2.83. The molecule has 1 unspecified atom stereocenters. The van der Waals surface area contributed by atoms with E-state index in [0.29, 0.717) is 5.92 Å². The van der Waals surface area contributed by atoms with Crippen molar-refractivity contribution in [2.24, 2.45) is 16.7 Å². The Morgan fingerprint density at radius 2 is 1.81 bits per heavy atom. The van der Waals surface area contributed by atoms with Crippen molar-refractivity contribution in [1.29, 1.82) is 0 Å². The van der Waals surface area contributed by atoms with Gasteiger partial charge in [0.1, 0.15) is 0 Å². The predicted octanol–water partition coefficient (Wildman–Crippen LogP) is 1.92. The summed E-state index contributed by atoms with van der Waals surface area (Å²) in [5.74, 6) is 0.540. The van der Waals surface area contributed by atoms with Crippen LogP contribution in [-0.2, 0) is 9.53 Å². The second kappa shape index (κ2) is 3.73. The van der Waals surface area contributed by atoms with Crippen LogP contribution < -0.4 is 0 Å². The minimum atomic E-state index is -0.178. The smallest absolute Gasteiger partial charge is 0.312 e. The van der Waals surface area contributed by atoms with Crippen LogP contribution in [0.25, 0.3) is 0 Å². The number of ether oxygens (including phenoxy) is 1. The van der Waals surface area contributed by atoms with E-state index in [2.05, 4.69) is 25.8 Å². The molecular weight excluding hydrogens is 202 g/mol. The Hall–Kier alpha value is -0.570. The van der Waals surface area contributed by atoms with Crippen LogP contribution in [0.5, 0.6) is 0 Å². The summed E-state index contributed by atoms with van der Waals surface area (Å²) in [5.41, 5.74) is -0.0380. The molecule has 3 nitrogen and oxygen atoms in total. The van der Waals surface area contributed by atoms with Gasteiger partial charge >= 0.3 is 5.97 Å². The third-order valence-corrected chi connectivity index (χ3v) is 4.77. The summed E-state index contributed by atoms with van der Waals surface area (Å²) in [6, 6.07) is 0. The number of carbonyl (C=O) groups is 1. The molecule has 0 aromatic heterocycles. The van der Waals surface area contributed by atoms with Gasteiger partial charge in [-0.1, -0.05) is 13.8 Å². The largest absolute Gasteiger partial charge is 0.469 e. The highest BCUT2D eigenvalue weighted by Crippen LogP contribution is 2.69. The Morgan fingerprint density at radius 1 is 1.31 bits per heavy atom. The number of nitrogens with zero attached hydrogens (tertiary/aromatic N) is 1. The average molecular weight is 225 g/mol. The quantitative estimate of drug-likeness (QED) is 0.672. The molecule has 3 heteroatoms. The minimum absolute atomic E-state index is 0.0204. The second-order valence-corrected chi connectivity index (χ2v) is 6.10. The number of hydrogen-bond acceptors (Lipinski definition) is 3. The van der Waals surface area contributed by atoms with Crippen molar-refractivity contribution in [3.05, 3.63) is 0 Å². The van der Waals surface area contributed by atoms with Gasteiger partial charge in [-0.15, -0.1) is 0 Å². The van der Waals surface area contributed by atoms with E-state index in [1.807, 2.05) is 0 Å². The van der Waals surface area contributed by atoms with Gasteiger partial charge in [-0.25, -0.2) is 0 Å². The van der Waals surface area contributed by atoms with E-state index in [1.54, 1.807) is 0 Å². The Balaban J connectivity index is 2.13. The van der Waals surface area contributed by atoms with Crippen LogP contribution in [0.15, 0.2) is 0 Å². The molecule has 1 saturated carbocycles. The molecule has 1 saturated heterocycles. The van der Waals surface area contributed by atoms with Gasteiger partial charge in [-0.05, 0) is 50.7 Å². The maximum absolute atomic E-state index is 12.1. The van der Waals surface area contributed by atoms with E-state index in [1.165, 1.54) is 7.11 Å². The zero-order valence-electron chi connectivity index (χ0n) is 10.9. The van der Waals surface area contributed by atoms with Crippen LogP contribution in [-0.4, -0.2) is 38.1 Å². The first kappa shape index (κ1) is 11.9. The topological polar surface area (TPSA) is 29.5 Å². The molecule has 0 radical (unpaired) electrons. The van der Waals surface area contributed by atoms with Gasteiger partial charge in [0.25, 0.3) is 0 Å². The normalized spacial score (nSPS) is 34.8. The molecule has 0 spiro atoms. The van der Waals surface area contributed by atoms with E-state index in [-0.39, 0.29) is 16.8 Å². The minimum Gasteiger partial charge on any atom is -0.469 e. The highest BCUT2D eigenvalue weighted by molar-refractivity contribution is 5.82. The van der Waals surface area contributed by atoms with Crippen molar-refractivity contribution in [3.8, 4) is 0 Å². The van der Waals surface area contributed by atoms with Crippen LogP contribution in [0.2, 0.25) is 0 Å². The lowest BCUT2D eigenvalue weighted by molar-refractivity contribution is -0.152. The number of hydrogen-bond donors (Lipinski definition) is 0. The van der Waals surface area contributed by atoms with Crippen LogP contribution in [0, 0.1) is 16.7 Å². The van der Waals surface area contributed by atoms with E-state index in [9.17, 15) is 4.79 Å². The highest BCUT2D eigenvalue weighted by atomic mass is 16.5. The molecule has 2 aliphatic rings. The van der Waals surface area contributed by atoms with Crippen LogP contribution in [0.4, 0.5) is 0 Å². The lowest BCUT2D eigenvalue weighted by Gasteiger charge is -2.35. The Kier molecular flexibility index (Phi) is 2.77. The van der Waals surface area contributed by atoms with E-state index in [4.69, 9.17) is 4.74 Å². The number of methoxy groups -OCH3 is 1. The van der Waals surface area contributed by atoms with Crippen molar-refractivity contribution in [2.45, 2.75) is 33.1 Å². The third kappa shape index (κ3) is 1.56. The summed E-state index contributed by atoms with van der Waals surface area (Å²) < 4.78 is 5.04. The first-order valence-electron chi connectivity index (χ1n) is 6.21. The van der Waals surface area contributed by atoms with E-state index in [0.717, 1.165) is 32.4 Å². The third-order valence-electron chi connectivity index (χ3n) is 4.77. The lowest BCUT2D eigenvalue weighted by atomic mass is 9.77. The molecule has 92 valence electrons. The Bertz CT molecular complexity index is 292. The molecule has 1 aliphatic carbocycles. The standard InChI is InChI=1S/C13H23NO2/c1-12(2)9-13(12,11(15)16-4)10-5-7-14(3)8-6-10/h10H,5-9H2,1-4H3. The highest BCUT2D eigenvalue weighted by Gasteiger charge is 2.70.